The second-order valence-electron chi connectivity index (χ2n) is 22.2. The van der Waals surface area contributed by atoms with Crippen molar-refractivity contribution in [2.75, 3.05) is 0 Å². The van der Waals surface area contributed by atoms with Crippen molar-refractivity contribution in [3.05, 3.63) is 89.5 Å². The zero-order valence-electron chi connectivity index (χ0n) is 53.7. The fourth-order valence-corrected chi connectivity index (χ4v) is 10.6. The molecule has 0 saturated heterocycles. The Morgan fingerprint density at radius 1 is 0.289 bits per heavy atom. The topological polar surface area (TPSA) is 255 Å². The second-order valence-corrected chi connectivity index (χ2v) is 26.4. The molecule has 0 aliphatic rings. The molecular weight excluding hydrogens is 1140 g/mol. The van der Waals surface area contributed by atoms with Gasteiger partial charge in [-0.2, -0.15) is 25.3 Å². The average Bonchev–Trinajstić information content (AvgIpc) is 3.40. The van der Waals surface area contributed by atoms with Crippen molar-refractivity contribution in [2.45, 2.75) is 327 Å². The number of rotatable bonds is 36. The molecule has 3 rings (SSSR count). The van der Waals surface area contributed by atoms with E-state index in [9.17, 15) is 59.3 Å². The second kappa shape index (κ2) is 60.2. The molecule has 0 amide bonds. The molecule has 0 aliphatic heterocycles. The number of aryl methyl sites for hydroxylation is 3. The summed E-state index contributed by atoms with van der Waals surface area (Å²) in [4.78, 5) is 0.183. The van der Waals surface area contributed by atoms with Crippen molar-refractivity contribution in [3.8, 4) is 0 Å². The molecule has 17 heteroatoms. The van der Waals surface area contributed by atoms with Gasteiger partial charge in [0.25, 0.3) is 30.4 Å². The number of benzene rings is 3. The maximum atomic E-state index is 11.3. The van der Waals surface area contributed by atoms with Crippen LogP contribution in [0.2, 0.25) is 0 Å². The minimum atomic E-state index is -4.10. The molecule has 482 valence electrons. The van der Waals surface area contributed by atoms with Gasteiger partial charge in [0, 0.05) is 0 Å². The minimum absolute atomic E-state index is 0. The van der Waals surface area contributed by atoms with Gasteiger partial charge >= 0.3 is 21.7 Å². The van der Waals surface area contributed by atoms with E-state index in [0.29, 0.717) is 19.3 Å². The van der Waals surface area contributed by atoms with Crippen LogP contribution in [0.5, 0.6) is 0 Å². The maximum absolute atomic E-state index is 11.3. The third-order valence-corrected chi connectivity index (χ3v) is 15.0. The normalized spacial score (nSPS) is 11.1. The summed E-state index contributed by atoms with van der Waals surface area (Å²) < 4.78 is 95.4. The van der Waals surface area contributed by atoms with Gasteiger partial charge in [-0.25, -0.2) is 0 Å². The zero-order valence-corrected chi connectivity index (χ0v) is 57.7. The van der Waals surface area contributed by atoms with Crippen LogP contribution in [0.15, 0.2) is 87.5 Å². The van der Waals surface area contributed by atoms with Crippen LogP contribution < -0.4 is 20.4 Å². The molecule has 3 N–H and O–H groups in total. The van der Waals surface area contributed by atoms with Crippen LogP contribution in [0.4, 0.5) is 0 Å². The molecule has 0 radical (unpaired) electrons. The number of hydrogen-bond donors (Lipinski definition) is 3. The molecule has 0 spiro atoms. The van der Waals surface area contributed by atoms with E-state index in [0.717, 1.165) is 55.2 Å². The summed E-state index contributed by atoms with van der Waals surface area (Å²) in [7, 11) is -12.3. The fourth-order valence-electron chi connectivity index (χ4n) is 8.29. The van der Waals surface area contributed by atoms with Gasteiger partial charge in [0.05, 0.1) is 14.7 Å². The summed E-state index contributed by atoms with van der Waals surface area (Å²) >= 11 is 0. The maximum Gasteiger partial charge on any atom is 4.00 e. The Labute approximate surface area is 524 Å². The van der Waals surface area contributed by atoms with Crippen LogP contribution >= 0.6 is 0 Å². The standard InChI is InChI=1S/3C18H30O3S.4C3H7O.Ti/c3*1-2-3-4-5-6-7-8-9-10-11-14-17-15-12-13-16-18(17)22(19,20)21;4*1-3(2)4;/h3*12-13,15-16H,2-11,14H2,1H3,(H,19,20,21);4*3H,1-2H3;/q;;;4*-1;+4. The number of unbranched alkanes of at least 4 members (excludes halogenated alkanes) is 27. The van der Waals surface area contributed by atoms with Crippen molar-refractivity contribution in [2.24, 2.45) is 0 Å². The minimum Gasteiger partial charge on any atom is -0.852 e. The summed E-state index contributed by atoms with van der Waals surface area (Å²) in [5, 5.41) is 38.1. The van der Waals surface area contributed by atoms with Crippen molar-refractivity contribution in [3.63, 3.8) is 0 Å². The molecule has 0 aliphatic carbocycles. The fraction of sp³-hybridized carbons (Fsp3) is 0.727. The van der Waals surface area contributed by atoms with E-state index in [4.69, 9.17) is 0 Å². The van der Waals surface area contributed by atoms with Crippen molar-refractivity contribution in [1.82, 2.24) is 0 Å². The largest absolute Gasteiger partial charge is 4.00 e. The average molecular weight is 1260 g/mol. The third-order valence-electron chi connectivity index (χ3n) is 12.2. The summed E-state index contributed by atoms with van der Waals surface area (Å²) in [5.41, 5.74) is 2.18. The Bertz CT molecular complexity index is 1940. The Hall–Kier alpha value is -2.06. The number of hydrogen-bond acceptors (Lipinski definition) is 10. The summed E-state index contributed by atoms with van der Waals surface area (Å²) in [6.45, 7) is 19.6. The van der Waals surface area contributed by atoms with E-state index in [-0.39, 0.29) is 36.4 Å². The first-order valence-corrected chi connectivity index (χ1v) is 35.7. The Morgan fingerprint density at radius 2 is 0.422 bits per heavy atom. The third kappa shape index (κ3) is 67.3. The smallest absolute Gasteiger partial charge is 0.852 e. The van der Waals surface area contributed by atoms with E-state index >= 15 is 0 Å². The first kappa shape index (κ1) is 89.7. The molecule has 0 unspecified atom stereocenters. The van der Waals surface area contributed by atoms with Gasteiger partial charge in [0.15, 0.2) is 0 Å². The molecule has 0 bridgehead atoms. The van der Waals surface area contributed by atoms with Crippen molar-refractivity contribution >= 4 is 30.4 Å². The molecular formula is C66H118O13S3Ti. The van der Waals surface area contributed by atoms with Gasteiger partial charge in [-0.05, 0) is 73.4 Å². The SMILES string of the molecule is CC(C)[O-].CC(C)[O-].CC(C)[O-].CC(C)[O-].CCCCCCCCCCCCc1ccccc1S(=O)(=O)O.CCCCCCCCCCCCc1ccccc1S(=O)(=O)O.CCCCCCCCCCCCc1ccccc1S(=O)(=O)O.[Ti+4]. The molecule has 83 heavy (non-hydrogen) atoms. The molecule has 0 aromatic heterocycles. The van der Waals surface area contributed by atoms with E-state index < -0.39 is 54.8 Å². The Balaban J connectivity index is -0.000000321. The molecule has 3 aromatic rings. The predicted octanol–water partition coefficient (Wildman–Crippen LogP) is 15.2. The van der Waals surface area contributed by atoms with Gasteiger partial charge in [-0.15, -0.1) is 24.4 Å². The van der Waals surface area contributed by atoms with Crippen LogP contribution in [-0.4, -0.2) is 63.3 Å². The molecule has 13 nitrogen and oxygen atoms in total. The van der Waals surface area contributed by atoms with E-state index in [1.54, 1.807) is 91.8 Å². The Kier molecular flexibility index (Phi) is 65.1. The van der Waals surface area contributed by atoms with Gasteiger partial charge < -0.3 is 20.4 Å². The van der Waals surface area contributed by atoms with E-state index in [1.165, 1.54) is 172 Å². The first-order chi connectivity index (χ1) is 38.6. The van der Waals surface area contributed by atoms with Gasteiger partial charge in [-0.1, -0.05) is 304 Å². The molecule has 0 fully saturated rings. The summed E-state index contributed by atoms with van der Waals surface area (Å²) in [6.07, 6.45) is 38.3. The van der Waals surface area contributed by atoms with Crippen LogP contribution in [0.3, 0.4) is 0 Å². The van der Waals surface area contributed by atoms with Crippen molar-refractivity contribution in [1.29, 1.82) is 0 Å². The van der Waals surface area contributed by atoms with Gasteiger partial charge in [0.2, 0.25) is 0 Å². The van der Waals surface area contributed by atoms with Crippen LogP contribution in [0, 0.1) is 0 Å². The van der Waals surface area contributed by atoms with Gasteiger partial charge in [-0.3, -0.25) is 13.7 Å². The van der Waals surface area contributed by atoms with Gasteiger partial charge in [0.1, 0.15) is 0 Å². The van der Waals surface area contributed by atoms with Crippen LogP contribution in [0.25, 0.3) is 0 Å². The summed E-state index contributed by atoms with van der Waals surface area (Å²) in [6, 6.07) is 20.2. The van der Waals surface area contributed by atoms with Crippen LogP contribution in [0.1, 0.15) is 285 Å². The molecule has 3 aromatic carbocycles. The molecule has 0 heterocycles. The predicted molar refractivity (Wildman–Crippen MR) is 336 cm³/mol. The monoisotopic (exact) mass is 1260 g/mol. The zero-order chi connectivity index (χ0) is 63.1. The van der Waals surface area contributed by atoms with Crippen molar-refractivity contribution < 1.29 is 81.1 Å². The quantitative estimate of drug-likeness (QED) is 0.0278. The molecule has 0 atom stereocenters. The van der Waals surface area contributed by atoms with Crippen LogP contribution in [-0.2, 0) is 71.3 Å². The van der Waals surface area contributed by atoms with E-state index in [1.807, 2.05) is 18.2 Å². The molecule has 0 saturated carbocycles. The van der Waals surface area contributed by atoms with E-state index in [2.05, 4.69) is 20.8 Å². The Morgan fingerprint density at radius 3 is 0.566 bits per heavy atom. The first-order valence-electron chi connectivity index (χ1n) is 31.4. The summed E-state index contributed by atoms with van der Waals surface area (Å²) in [5.74, 6) is 0.